The lowest BCUT2D eigenvalue weighted by Gasteiger charge is -2.40. The molecule has 2 aliphatic heterocycles. The van der Waals surface area contributed by atoms with Crippen molar-refractivity contribution in [3.05, 3.63) is 131 Å². The lowest BCUT2D eigenvalue weighted by atomic mass is 9.92. The average molecular weight is 567 g/mol. The minimum atomic E-state index is -0.373. The number of aromatic nitrogens is 2. The van der Waals surface area contributed by atoms with Gasteiger partial charge >= 0.3 is 5.97 Å². The fourth-order valence-corrected chi connectivity index (χ4v) is 5.74. The number of hydrogen-bond acceptors (Lipinski definition) is 7. The second kappa shape index (κ2) is 10.7. The molecule has 1 aromatic heterocycles. The molecule has 0 fully saturated rings. The summed E-state index contributed by atoms with van der Waals surface area (Å²) in [6.45, 7) is 4.17. The molecule has 1 N–H and O–H groups in total. The summed E-state index contributed by atoms with van der Waals surface area (Å²) in [5.74, 6) is 1.70. The summed E-state index contributed by atoms with van der Waals surface area (Å²) in [4.78, 5) is 24.9. The zero-order valence-corrected chi connectivity index (χ0v) is 24.2. The Bertz CT molecular complexity index is 1890. The van der Waals surface area contributed by atoms with E-state index in [-0.39, 0.29) is 12.0 Å². The highest BCUT2D eigenvalue weighted by Crippen LogP contribution is 2.48. The van der Waals surface area contributed by atoms with Crippen LogP contribution in [0, 0.1) is 6.92 Å². The van der Waals surface area contributed by atoms with Crippen LogP contribution in [0.2, 0.25) is 0 Å². The van der Waals surface area contributed by atoms with E-state index < -0.39 is 0 Å². The number of para-hydroxylation sites is 3. The summed E-state index contributed by atoms with van der Waals surface area (Å²) in [5, 5.41) is 8.55. The van der Waals surface area contributed by atoms with Gasteiger partial charge in [-0.05, 0) is 73.0 Å². The van der Waals surface area contributed by atoms with E-state index in [2.05, 4.69) is 47.5 Å². The molecule has 0 spiro atoms. The molecule has 8 nitrogen and oxygen atoms in total. The second-order valence-corrected chi connectivity index (χ2v) is 10.5. The summed E-state index contributed by atoms with van der Waals surface area (Å²) in [7, 11) is 1.39. The number of aliphatic imine (C=N–C) groups is 2. The minimum Gasteiger partial charge on any atom is -0.465 e. The normalized spacial score (nSPS) is 15.0. The van der Waals surface area contributed by atoms with E-state index >= 15 is 0 Å². The van der Waals surface area contributed by atoms with E-state index in [1.807, 2.05) is 84.4 Å². The molecular weight excluding hydrogens is 536 g/mol. The van der Waals surface area contributed by atoms with E-state index in [1.165, 1.54) is 12.7 Å². The van der Waals surface area contributed by atoms with Crippen LogP contribution in [-0.2, 0) is 11.2 Å². The van der Waals surface area contributed by atoms with Gasteiger partial charge in [0, 0.05) is 11.3 Å². The fourth-order valence-electron chi connectivity index (χ4n) is 5.74. The lowest BCUT2D eigenvalue weighted by Crippen LogP contribution is -2.46. The van der Waals surface area contributed by atoms with Gasteiger partial charge in [0.1, 0.15) is 0 Å². The van der Waals surface area contributed by atoms with Crippen molar-refractivity contribution in [1.29, 1.82) is 0 Å². The van der Waals surface area contributed by atoms with Gasteiger partial charge in [-0.1, -0.05) is 61.5 Å². The maximum Gasteiger partial charge on any atom is 0.337 e. The van der Waals surface area contributed by atoms with Gasteiger partial charge in [-0.25, -0.2) is 19.5 Å². The third kappa shape index (κ3) is 4.57. The van der Waals surface area contributed by atoms with Gasteiger partial charge in [-0.15, -0.1) is 0 Å². The van der Waals surface area contributed by atoms with Crippen molar-refractivity contribution in [2.45, 2.75) is 26.3 Å². The van der Waals surface area contributed by atoms with Gasteiger partial charge in [0.25, 0.3) is 0 Å². The second-order valence-electron chi connectivity index (χ2n) is 10.5. The van der Waals surface area contributed by atoms with E-state index in [4.69, 9.17) is 19.8 Å². The van der Waals surface area contributed by atoms with Crippen molar-refractivity contribution in [3.63, 3.8) is 0 Å². The number of hydrogen-bond donors (Lipinski definition) is 1. The molecule has 212 valence electrons. The zero-order valence-electron chi connectivity index (χ0n) is 24.2. The smallest absolute Gasteiger partial charge is 0.337 e. The highest BCUT2D eigenvalue weighted by Gasteiger charge is 2.41. The van der Waals surface area contributed by atoms with E-state index in [1.54, 1.807) is 0 Å². The van der Waals surface area contributed by atoms with Crippen LogP contribution >= 0.6 is 0 Å². The molecule has 4 aromatic carbocycles. The molecule has 3 heterocycles. The van der Waals surface area contributed by atoms with Crippen molar-refractivity contribution >= 4 is 40.5 Å². The third-order valence-corrected chi connectivity index (χ3v) is 7.91. The topological polar surface area (TPSA) is 84.1 Å². The van der Waals surface area contributed by atoms with Crippen LogP contribution in [0.4, 0.5) is 22.9 Å². The summed E-state index contributed by atoms with van der Waals surface area (Å²) in [6, 6.07) is 33.8. The van der Waals surface area contributed by atoms with Crippen LogP contribution < -0.4 is 10.2 Å². The Balaban J connectivity index is 1.45. The van der Waals surface area contributed by atoms with E-state index in [0.29, 0.717) is 17.2 Å². The Labute approximate surface area is 250 Å². The van der Waals surface area contributed by atoms with E-state index in [9.17, 15) is 4.79 Å². The monoisotopic (exact) mass is 566 g/mol. The van der Waals surface area contributed by atoms with Gasteiger partial charge in [0.15, 0.2) is 17.5 Å². The summed E-state index contributed by atoms with van der Waals surface area (Å²) < 4.78 is 6.86. The number of fused-ring (bicyclic) bond motifs is 4. The first-order chi connectivity index (χ1) is 21.1. The molecule has 0 unspecified atom stereocenters. The third-order valence-electron chi connectivity index (χ3n) is 7.91. The Hall–Kier alpha value is -5.50. The van der Waals surface area contributed by atoms with Crippen LogP contribution in [0.15, 0.2) is 113 Å². The number of esters is 1. The summed E-state index contributed by atoms with van der Waals surface area (Å²) in [5.41, 5.74) is 8.22. The molecule has 2 aliphatic rings. The highest BCUT2D eigenvalue weighted by atomic mass is 16.5. The number of rotatable bonds is 5. The van der Waals surface area contributed by atoms with Gasteiger partial charge in [0.2, 0.25) is 0 Å². The Morgan fingerprint density at radius 1 is 0.884 bits per heavy atom. The standard InChI is InChI=1S/C35H30N6O2/c1-4-23-14-20-26(21-15-23)36-32-34-38-33-30(22(2)39-41(33)27-10-6-5-7-11-27)31(24-16-18-25(19-17-24)35(42)43-3)40(34)29-13-9-8-12-28(29)37-32/h5-21,31H,4H2,1-3H3,(H,36,37)/t31-/m0/s1. The fraction of sp³-hybridized carbons (Fsp3) is 0.143. The van der Waals surface area contributed by atoms with Gasteiger partial charge < -0.3 is 15.0 Å². The number of benzene rings is 4. The average Bonchev–Trinajstić information content (AvgIpc) is 3.40. The number of nitrogens with one attached hydrogen (secondary N) is 1. The molecule has 1 atom stereocenters. The molecule has 0 saturated heterocycles. The first kappa shape index (κ1) is 26.4. The van der Waals surface area contributed by atoms with Crippen molar-refractivity contribution in [2.75, 3.05) is 17.3 Å². The molecule has 0 bridgehead atoms. The number of amidine groups is 2. The highest BCUT2D eigenvalue weighted by molar-refractivity contribution is 6.51. The van der Waals surface area contributed by atoms with Gasteiger partial charge in [-0.2, -0.15) is 5.10 Å². The molecule has 5 aromatic rings. The van der Waals surface area contributed by atoms with Gasteiger partial charge in [-0.3, -0.25) is 0 Å². The Morgan fingerprint density at radius 2 is 1.60 bits per heavy atom. The molecule has 7 rings (SSSR count). The predicted molar refractivity (Wildman–Crippen MR) is 170 cm³/mol. The van der Waals surface area contributed by atoms with Crippen LogP contribution in [-0.4, -0.2) is 34.5 Å². The lowest BCUT2D eigenvalue weighted by molar-refractivity contribution is 0.0600. The van der Waals surface area contributed by atoms with Crippen molar-refractivity contribution in [1.82, 2.24) is 9.78 Å². The number of anilines is 2. The van der Waals surface area contributed by atoms with Gasteiger partial charge in [0.05, 0.1) is 41.5 Å². The Morgan fingerprint density at radius 3 is 2.33 bits per heavy atom. The van der Waals surface area contributed by atoms with Crippen LogP contribution in [0.1, 0.15) is 45.7 Å². The number of aryl methyl sites for hydroxylation is 2. The van der Waals surface area contributed by atoms with E-state index in [0.717, 1.165) is 51.8 Å². The zero-order chi connectivity index (χ0) is 29.5. The van der Waals surface area contributed by atoms with Crippen LogP contribution in [0.3, 0.4) is 0 Å². The molecule has 0 saturated carbocycles. The molecule has 0 radical (unpaired) electrons. The van der Waals surface area contributed by atoms with Crippen molar-refractivity contribution < 1.29 is 9.53 Å². The Kier molecular flexibility index (Phi) is 6.58. The number of carbonyl (C=O) groups excluding carboxylic acids is 1. The number of ether oxygens (including phenoxy) is 1. The molecule has 8 heteroatoms. The maximum absolute atomic E-state index is 12.3. The number of carbonyl (C=O) groups is 1. The molecule has 0 amide bonds. The molecule has 43 heavy (non-hydrogen) atoms. The first-order valence-corrected chi connectivity index (χ1v) is 14.3. The summed E-state index contributed by atoms with van der Waals surface area (Å²) in [6.07, 6.45) is 0.969. The minimum absolute atomic E-state index is 0.289. The predicted octanol–water partition coefficient (Wildman–Crippen LogP) is 7.33. The van der Waals surface area contributed by atoms with Crippen molar-refractivity contribution in [2.24, 2.45) is 9.98 Å². The van der Waals surface area contributed by atoms with Crippen LogP contribution in [0.5, 0.6) is 0 Å². The molecule has 0 aliphatic carbocycles. The molecular formula is C35H30N6O2. The summed E-state index contributed by atoms with van der Waals surface area (Å²) >= 11 is 0. The SMILES string of the molecule is CCc1ccc(NC2=Nc3ccccc3N3C2=Nc2c(c(C)nn2-c2ccccc2)[C@@H]3c2ccc(C(=O)OC)cc2)cc1. The number of nitrogens with zero attached hydrogens (tertiary/aromatic N) is 5. The largest absolute Gasteiger partial charge is 0.465 e. The quantitative estimate of drug-likeness (QED) is 0.225. The van der Waals surface area contributed by atoms with Crippen LogP contribution in [0.25, 0.3) is 5.69 Å². The first-order valence-electron chi connectivity index (χ1n) is 14.3. The van der Waals surface area contributed by atoms with Crippen molar-refractivity contribution in [3.8, 4) is 5.69 Å². The number of methoxy groups -OCH3 is 1. The maximum atomic E-state index is 12.3.